The summed E-state index contributed by atoms with van der Waals surface area (Å²) in [5.74, 6) is -0.218. The van der Waals surface area contributed by atoms with Gasteiger partial charge in [0.1, 0.15) is 0 Å². The highest BCUT2D eigenvalue weighted by molar-refractivity contribution is 7.09. The van der Waals surface area contributed by atoms with Crippen LogP contribution >= 0.6 is 11.5 Å². The van der Waals surface area contributed by atoms with Crippen molar-refractivity contribution in [1.82, 2.24) is 9.36 Å². The summed E-state index contributed by atoms with van der Waals surface area (Å²) >= 11 is 0.722. The first-order valence-corrected chi connectivity index (χ1v) is 10.6. The molecule has 2 aromatic rings. The van der Waals surface area contributed by atoms with E-state index in [4.69, 9.17) is 0 Å². The van der Waals surface area contributed by atoms with Crippen LogP contribution < -0.4 is 10.2 Å². The van der Waals surface area contributed by atoms with Gasteiger partial charge in [-0.2, -0.15) is 22.5 Å². The maximum absolute atomic E-state index is 12.9. The van der Waals surface area contributed by atoms with Gasteiger partial charge in [-0.05, 0) is 34.9 Å². The van der Waals surface area contributed by atoms with Crippen LogP contribution in [0.5, 0.6) is 0 Å². The second kappa shape index (κ2) is 8.90. The highest BCUT2D eigenvalue weighted by atomic mass is 32.1. The Hall–Kier alpha value is -1.83. The Morgan fingerprint density at radius 1 is 1.03 bits per heavy atom. The summed E-state index contributed by atoms with van der Waals surface area (Å²) in [5.41, 5.74) is 2.72. The van der Waals surface area contributed by atoms with Gasteiger partial charge in [-0.15, -0.1) is 0 Å². The standard InChI is InChI=1S/C21H31F3N4S/c1-13(2)11-28(12-14(3)4)17-9-8-15(20(5,6)7)10-16(17)25-19-26-18(27-29-19)21(22,23)24/h8-10,13-14H,11-12H2,1-7H3,(H,25,26,27). The van der Waals surface area contributed by atoms with E-state index in [2.05, 4.69) is 80.2 Å². The molecular formula is C21H31F3N4S. The lowest BCUT2D eigenvalue weighted by Gasteiger charge is -2.31. The van der Waals surface area contributed by atoms with Crippen LogP contribution in [0.1, 0.15) is 59.9 Å². The van der Waals surface area contributed by atoms with Crippen LogP contribution in [0.4, 0.5) is 29.7 Å². The number of halogens is 3. The Bertz CT molecular complexity index is 797. The molecule has 1 aromatic carbocycles. The summed E-state index contributed by atoms with van der Waals surface area (Å²) in [5, 5.41) is 3.25. The Balaban J connectivity index is 2.48. The molecule has 0 aliphatic heterocycles. The molecule has 0 atom stereocenters. The molecule has 29 heavy (non-hydrogen) atoms. The molecule has 8 heteroatoms. The molecule has 162 valence electrons. The van der Waals surface area contributed by atoms with Crippen molar-refractivity contribution in [1.29, 1.82) is 0 Å². The van der Waals surface area contributed by atoms with Gasteiger partial charge in [0.05, 0.1) is 11.4 Å². The molecule has 1 aromatic heterocycles. The quantitative estimate of drug-likeness (QED) is 0.532. The number of benzene rings is 1. The van der Waals surface area contributed by atoms with E-state index in [1.165, 1.54) is 0 Å². The van der Waals surface area contributed by atoms with Gasteiger partial charge in [0.2, 0.25) is 11.0 Å². The molecule has 0 unspecified atom stereocenters. The van der Waals surface area contributed by atoms with E-state index in [0.29, 0.717) is 11.8 Å². The van der Waals surface area contributed by atoms with Gasteiger partial charge in [0, 0.05) is 24.6 Å². The fraction of sp³-hybridized carbons (Fsp3) is 0.619. The topological polar surface area (TPSA) is 41.0 Å². The molecule has 1 N–H and O–H groups in total. The molecule has 0 amide bonds. The molecule has 2 rings (SSSR count). The number of anilines is 3. The van der Waals surface area contributed by atoms with Crippen molar-refractivity contribution in [3.63, 3.8) is 0 Å². The maximum Gasteiger partial charge on any atom is 0.452 e. The highest BCUT2D eigenvalue weighted by Crippen LogP contribution is 2.36. The molecule has 0 radical (unpaired) electrons. The first-order valence-electron chi connectivity index (χ1n) is 9.84. The average molecular weight is 429 g/mol. The van der Waals surface area contributed by atoms with E-state index in [1.54, 1.807) is 0 Å². The van der Waals surface area contributed by atoms with Crippen LogP contribution in [0.15, 0.2) is 18.2 Å². The molecular weight excluding hydrogens is 397 g/mol. The van der Waals surface area contributed by atoms with Crippen molar-refractivity contribution >= 4 is 28.0 Å². The van der Waals surface area contributed by atoms with Crippen LogP contribution in [0, 0.1) is 11.8 Å². The van der Waals surface area contributed by atoms with E-state index in [1.807, 2.05) is 6.07 Å². The molecule has 0 aliphatic carbocycles. The average Bonchev–Trinajstić information content (AvgIpc) is 3.01. The SMILES string of the molecule is CC(C)CN(CC(C)C)c1ccc(C(C)(C)C)cc1Nc1nc(C(F)(F)F)ns1. The third-order valence-corrected chi connectivity index (χ3v) is 4.93. The molecule has 0 spiro atoms. The number of aromatic nitrogens is 2. The summed E-state index contributed by atoms with van der Waals surface area (Å²) in [6.07, 6.45) is -4.55. The summed E-state index contributed by atoms with van der Waals surface area (Å²) in [7, 11) is 0. The van der Waals surface area contributed by atoms with Crippen molar-refractivity contribution in [2.45, 2.75) is 60.1 Å². The molecule has 0 bridgehead atoms. The maximum atomic E-state index is 12.9. The van der Waals surface area contributed by atoms with E-state index in [9.17, 15) is 13.2 Å². The Morgan fingerprint density at radius 3 is 2.07 bits per heavy atom. The minimum atomic E-state index is -4.55. The third-order valence-electron chi connectivity index (χ3n) is 4.30. The van der Waals surface area contributed by atoms with Crippen molar-refractivity contribution in [2.75, 3.05) is 23.3 Å². The summed E-state index contributed by atoms with van der Waals surface area (Å²) in [6, 6.07) is 6.16. The predicted molar refractivity (Wildman–Crippen MR) is 115 cm³/mol. The van der Waals surface area contributed by atoms with Crippen molar-refractivity contribution in [3.05, 3.63) is 29.6 Å². The number of hydrogen-bond donors (Lipinski definition) is 1. The summed E-state index contributed by atoms with van der Waals surface area (Å²) in [4.78, 5) is 5.93. The lowest BCUT2D eigenvalue weighted by molar-refractivity contribution is -0.144. The third kappa shape index (κ3) is 6.59. The molecule has 0 aliphatic rings. The number of nitrogens with zero attached hydrogens (tertiary/aromatic N) is 3. The zero-order valence-corrected chi connectivity index (χ0v) is 19.0. The van der Waals surface area contributed by atoms with E-state index >= 15 is 0 Å². The van der Waals surface area contributed by atoms with Gasteiger partial charge >= 0.3 is 6.18 Å². The Labute approximate surface area is 175 Å². The van der Waals surface area contributed by atoms with Crippen LogP contribution in [0.2, 0.25) is 0 Å². The second-order valence-corrected chi connectivity index (χ2v) is 9.97. The fourth-order valence-electron chi connectivity index (χ4n) is 3.04. The predicted octanol–water partition coefficient (Wildman–Crippen LogP) is 6.72. The zero-order chi connectivity index (χ0) is 22.0. The van der Waals surface area contributed by atoms with Crippen LogP contribution in [-0.2, 0) is 11.6 Å². The van der Waals surface area contributed by atoms with Crippen molar-refractivity contribution in [3.8, 4) is 0 Å². The summed E-state index contributed by atoms with van der Waals surface area (Å²) in [6.45, 7) is 16.7. The number of hydrogen-bond acceptors (Lipinski definition) is 5. The highest BCUT2D eigenvalue weighted by Gasteiger charge is 2.36. The van der Waals surface area contributed by atoms with Gasteiger partial charge in [-0.25, -0.2) is 0 Å². The molecule has 4 nitrogen and oxygen atoms in total. The van der Waals surface area contributed by atoms with Gasteiger partial charge < -0.3 is 10.2 Å². The first-order chi connectivity index (χ1) is 13.3. The largest absolute Gasteiger partial charge is 0.452 e. The van der Waals surface area contributed by atoms with Gasteiger partial charge in [-0.1, -0.05) is 54.5 Å². The minimum Gasteiger partial charge on any atom is -0.369 e. The smallest absolute Gasteiger partial charge is 0.369 e. The first kappa shape index (κ1) is 23.4. The lowest BCUT2D eigenvalue weighted by Crippen LogP contribution is -2.32. The fourth-order valence-corrected chi connectivity index (χ4v) is 3.64. The summed E-state index contributed by atoms with van der Waals surface area (Å²) < 4.78 is 42.2. The molecule has 0 fully saturated rings. The normalized spacial score (nSPS) is 12.7. The Kier molecular flexibility index (Phi) is 7.19. The minimum absolute atomic E-state index is 0.0891. The van der Waals surface area contributed by atoms with Gasteiger partial charge in [0.25, 0.3) is 0 Å². The van der Waals surface area contributed by atoms with Gasteiger partial charge in [-0.3, -0.25) is 0 Å². The monoisotopic (exact) mass is 428 g/mol. The molecule has 0 saturated carbocycles. The van der Waals surface area contributed by atoms with E-state index in [-0.39, 0.29) is 10.5 Å². The van der Waals surface area contributed by atoms with E-state index < -0.39 is 12.0 Å². The Morgan fingerprint density at radius 2 is 1.62 bits per heavy atom. The molecule has 0 saturated heterocycles. The van der Waals surface area contributed by atoms with Crippen LogP contribution in [-0.4, -0.2) is 22.4 Å². The van der Waals surface area contributed by atoms with E-state index in [0.717, 1.165) is 41.6 Å². The number of alkyl halides is 3. The number of rotatable bonds is 7. The second-order valence-electron chi connectivity index (χ2n) is 9.22. The molecule has 1 heterocycles. The van der Waals surface area contributed by atoms with Gasteiger partial charge in [0.15, 0.2) is 0 Å². The van der Waals surface area contributed by atoms with Crippen molar-refractivity contribution in [2.24, 2.45) is 11.8 Å². The lowest BCUT2D eigenvalue weighted by atomic mass is 9.86. The van der Waals surface area contributed by atoms with Crippen LogP contribution in [0.25, 0.3) is 0 Å². The van der Waals surface area contributed by atoms with Crippen molar-refractivity contribution < 1.29 is 13.2 Å². The van der Waals surface area contributed by atoms with Crippen LogP contribution in [0.3, 0.4) is 0 Å². The zero-order valence-electron chi connectivity index (χ0n) is 18.2. The number of nitrogens with one attached hydrogen (secondary N) is 1.